The van der Waals surface area contributed by atoms with E-state index in [0.717, 1.165) is 50.7 Å². The normalized spacial score (nSPS) is 25.4. The molecule has 7 rings (SSSR count). The third-order valence-electron chi connectivity index (χ3n) is 12.7. The summed E-state index contributed by atoms with van der Waals surface area (Å²) in [4.78, 5) is 98.1. The lowest BCUT2D eigenvalue weighted by Gasteiger charge is -2.37. The van der Waals surface area contributed by atoms with Crippen LogP contribution in [0.1, 0.15) is 82.8 Å². The van der Waals surface area contributed by atoms with Crippen molar-refractivity contribution in [1.29, 1.82) is 0 Å². The molecule has 320 valence electrons. The van der Waals surface area contributed by atoms with E-state index in [-0.39, 0.29) is 25.8 Å². The van der Waals surface area contributed by atoms with E-state index in [9.17, 15) is 24.0 Å². The number of carbonyl (C=O) groups excluding carboxylic acids is 6. The molecule has 3 aliphatic rings. The summed E-state index contributed by atoms with van der Waals surface area (Å²) >= 11 is 0. The summed E-state index contributed by atoms with van der Waals surface area (Å²) in [6, 6.07) is 8.83. The van der Waals surface area contributed by atoms with Crippen LogP contribution in [-0.4, -0.2) is 111 Å². The number of aromatic nitrogens is 2. The van der Waals surface area contributed by atoms with Crippen LogP contribution in [0.25, 0.3) is 21.8 Å². The number of fused-ring (bicyclic) bond motifs is 3. The van der Waals surface area contributed by atoms with E-state index in [0.29, 0.717) is 51.6 Å². The number of hydrogen-bond acceptors (Lipinski definition) is 8. The van der Waals surface area contributed by atoms with E-state index in [4.69, 9.17) is 5.73 Å². The average molecular weight is 822 g/mol. The van der Waals surface area contributed by atoms with Crippen LogP contribution >= 0.6 is 0 Å². The smallest absolute Gasteiger partial charge is 0.252 e. The molecule has 4 aromatic rings. The standard InChI is InChI=1S/C45H59N9O6/c1-3-27(2)39-45(60)54(44(59)34-17-9-11-21-47-34)38(18-8-10-20-46)42(57)51-36(24-29-26-49-33-16-7-5-14-31(29)33)43(58)53-22-12-19-37(53)41(56)50-35(40(55)52-39)23-28-25-48-32-15-6-4-13-30(28)32/h4-7,13-16,25-27,34-39,47-49H,3,8-12,17-24,46H2,1-2H3,(H,50,56)(H,51,57)(H,52,55)/t27-,34+,35+,36+,37-,38-,39-/m0/s1. The van der Waals surface area contributed by atoms with Crippen molar-refractivity contribution in [2.75, 3.05) is 19.6 Å². The first-order chi connectivity index (χ1) is 29.1. The molecule has 3 aliphatic heterocycles. The molecule has 0 radical (unpaired) electrons. The number of H-pyrrole nitrogens is 2. The van der Waals surface area contributed by atoms with E-state index in [1.54, 1.807) is 6.20 Å². The summed E-state index contributed by atoms with van der Waals surface area (Å²) in [6.07, 6.45) is 8.28. The van der Waals surface area contributed by atoms with Gasteiger partial charge in [0.1, 0.15) is 30.2 Å². The number of hydrogen-bond donors (Lipinski definition) is 7. The minimum absolute atomic E-state index is 0.0831. The van der Waals surface area contributed by atoms with Gasteiger partial charge in [0.15, 0.2) is 0 Å². The highest BCUT2D eigenvalue weighted by atomic mass is 16.2. The molecule has 0 aliphatic carbocycles. The van der Waals surface area contributed by atoms with Crippen LogP contribution in [0, 0.1) is 5.92 Å². The second-order valence-electron chi connectivity index (χ2n) is 16.7. The van der Waals surface area contributed by atoms with Gasteiger partial charge in [-0.1, -0.05) is 63.1 Å². The minimum atomic E-state index is -1.32. The number of amides is 6. The lowest BCUT2D eigenvalue weighted by Crippen LogP contribution is -2.64. The number of benzene rings is 2. The molecule has 7 atom stereocenters. The predicted octanol–water partition coefficient (Wildman–Crippen LogP) is 2.93. The molecule has 8 N–H and O–H groups in total. The Hall–Kier alpha value is -5.54. The summed E-state index contributed by atoms with van der Waals surface area (Å²) in [5.41, 5.74) is 9.20. The number of nitrogens with two attached hydrogens (primary N) is 1. The lowest BCUT2D eigenvalue weighted by molar-refractivity contribution is -0.157. The van der Waals surface area contributed by atoms with Crippen molar-refractivity contribution in [3.05, 3.63) is 72.1 Å². The number of piperidine rings is 1. The van der Waals surface area contributed by atoms with Gasteiger partial charge in [0.05, 0.1) is 6.04 Å². The van der Waals surface area contributed by atoms with Crippen molar-refractivity contribution in [1.82, 2.24) is 41.0 Å². The largest absolute Gasteiger partial charge is 0.361 e. The van der Waals surface area contributed by atoms with Gasteiger partial charge in [-0.25, -0.2) is 0 Å². The van der Waals surface area contributed by atoms with Crippen LogP contribution in [0.5, 0.6) is 0 Å². The van der Waals surface area contributed by atoms with Gasteiger partial charge in [-0.3, -0.25) is 33.7 Å². The van der Waals surface area contributed by atoms with Gasteiger partial charge in [-0.05, 0) is 87.2 Å². The first-order valence-electron chi connectivity index (χ1n) is 21.7. The van der Waals surface area contributed by atoms with E-state index in [2.05, 4.69) is 31.2 Å². The fourth-order valence-corrected chi connectivity index (χ4v) is 9.08. The Morgan fingerprint density at radius 1 is 0.767 bits per heavy atom. The molecule has 6 amide bonds. The molecular formula is C45H59N9O6. The van der Waals surface area contributed by atoms with Gasteiger partial charge in [-0.2, -0.15) is 0 Å². The van der Waals surface area contributed by atoms with Gasteiger partial charge in [-0.15, -0.1) is 0 Å². The van der Waals surface area contributed by atoms with Crippen molar-refractivity contribution in [2.45, 2.75) is 121 Å². The number of aromatic amines is 2. The zero-order valence-electron chi connectivity index (χ0n) is 34.6. The fourth-order valence-electron chi connectivity index (χ4n) is 9.08. The molecule has 0 spiro atoms. The molecule has 0 bridgehead atoms. The van der Waals surface area contributed by atoms with Crippen molar-refractivity contribution in [3.63, 3.8) is 0 Å². The van der Waals surface area contributed by atoms with Gasteiger partial charge in [0, 0.05) is 53.6 Å². The maximum atomic E-state index is 15.3. The molecule has 0 unspecified atom stereocenters. The minimum Gasteiger partial charge on any atom is -0.361 e. The summed E-state index contributed by atoms with van der Waals surface area (Å²) in [6.45, 7) is 4.88. The Morgan fingerprint density at radius 2 is 1.42 bits per heavy atom. The van der Waals surface area contributed by atoms with Crippen LogP contribution in [0.2, 0.25) is 0 Å². The Labute approximate surface area is 350 Å². The zero-order valence-corrected chi connectivity index (χ0v) is 34.6. The van der Waals surface area contributed by atoms with Crippen molar-refractivity contribution >= 4 is 57.2 Å². The molecule has 60 heavy (non-hydrogen) atoms. The highest BCUT2D eigenvalue weighted by Crippen LogP contribution is 2.26. The number of carbonyl (C=O) groups is 6. The Kier molecular flexibility index (Phi) is 13.6. The number of imide groups is 1. The van der Waals surface area contributed by atoms with Crippen LogP contribution in [-0.2, 0) is 41.6 Å². The summed E-state index contributed by atoms with van der Waals surface area (Å²) in [7, 11) is 0. The first-order valence-corrected chi connectivity index (χ1v) is 21.7. The molecule has 3 fully saturated rings. The Morgan fingerprint density at radius 3 is 2.05 bits per heavy atom. The first kappa shape index (κ1) is 42.6. The number of rotatable bonds is 11. The topological polar surface area (TPSA) is 215 Å². The molecule has 5 heterocycles. The van der Waals surface area contributed by atoms with Crippen LogP contribution in [0.15, 0.2) is 60.9 Å². The predicted molar refractivity (Wildman–Crippen MR) is 228 cm³/mol. The van der Waals surface area contributed by atoms with Gasteiger partial charge < -0.3 is 41.9 Å². The number of unbranched alkanes of at least 4 members (excludes halogenated alkanes) is 1. The highest BCUT2D eigenvalue weighted by Gasteiger charge is 2.46. The second kappa shape index (κ2) is 19.2. The van der Waals surface area contributed by atoms with Crippen molar-refractivity contribution < 1.29 is 28.8 Å². The molecule has 2 aromatic heterocycles. The van der Waals surface area contributed by atoms with Gasteiger partial charge in [0.2, 0.25) is 29.5 Å². The van der Waals surface area contributed by atoms with Crippen molar-refractivity contribution in [2.24, 2.45) is 11.7 Å². The van der Waals surface area contributed by atoms with E-state index >= 15 is 4.79 Å². The molecule has 0 saturated carbocycles. The second-order valence-corrected chi connectivity index (χ2v) is 16.7. The summed E-state index contributed by atoms with van der Waals surface area (Å²) in [5, 5.41) is 14.0. The molecule has 15 heteroatoms. The van der Waals surface area contributed by atoms with E-state index < -0.39 is 77.6 Å². The van der Waals surface area contributed by atoms with Gasteiger partial charge in [0.25, 0.3) is 5.91 Å². The van der Waals surface area contributed by atoms with E-state index in [1.165, 1.54) is 4.90 Å². The number of nitrogens with one attached hydrogen (secondary N) is 6. The molecule has 15 nitrogen and oxygen atoms in total. The monoisotopic (exact) mass is 821 g/mol. The van der Waals surface area contributed by atoms with Crippen LogP contribution in [0.3, 0.4) is 0 Å². The van der Waals surface area contributed by atoms with E-state index in [1.807, 2.05) is 68.6 Å². The molecule has 2 aromatic carbocycles. The average Bonchev–Trinajstić information content (AvgIpc) is 4.03. The Balaban J connectivity index is 1.35. The third-order valence-corrected chi connectivity index (χ3v) is 12.7. The van der Waals surface area contributed by atoms with Crippen molar-refractivity contribution in [3.8, 4) is 0 Å². The summed E-state index contributed by atoms with van der Waals surface area (Å²) < 4.78 is 0. The molecule has 3 saturated heterocycles. The number of nitrogens with zero attached hydrogens (tertiary/aromatic N) is 2. The Bertz CT molecular complexity index is 2190. The highest BCUT2D eigenvalue weighted by molar-refractivity contribution is 6.06. The fraction of sp³-hybridized carbons (Fsp3) is 0.511. The van der Waals surface area contributed by atoms with Crippen LogP contribution < -0.4 is 27.0 Å². The summed E-state index contributed by atoms with van der Waals surface area (Å²) in [5.74, 6) is -3.97. The third kappa shape index (κ3) is 9.11. The number of para-hydroxylation sites is 2. The lowest BCUT2D eigenvalue weighted by atomic mass is 9.94. The molecular weight excluding hydrogens is 763 g/mol. The quantitative estimate of drug-likeness (QED) is 0.0881. The maximum Gasteiger partial charge on any atom is 0.252 e. The van der Waals surface area contributed by atoms with Crippen LogP contribution in [0.4, 0.5) is 0 Å². The maximum absolute atomic E-state index is 15.3. The SMILES string of the molecule is CC[C@H](C)[C@@H]1NC(=O)[C@@H](Cc2c[nH]c3ccccc23)NC(=O)[C@@H]2CCCN2C(=O)[C@@H](Cc2c[nH]c3ccccc23)NC(=O)[C@H](CCCCN)N(C(=O)[C@H]2CCCCN2)C1=O. The van der Waals surface area contributed by atoms with Gasteiger partial charge >= 0.3 is 0 Å². The zero-order chi connectivity index (χ0) is 42.3.